The number of hydrogen-bond donors (Lipinski definition) is 0. The van der Waals surface area contributed by atoms with Gasteiger partial charge in [0.15, 0.2) is 0 Å². The Labute approximate surface area is 131 Å². The molecular weight excluding hydrogens is 282 g/mol. The molecule has 22 heavy (non-hydrogen) atoms. The molecule has 1 spiro atoms. The number of esters is 1. The summed E-state index contributed by atoms with van der Waals surface area (Å²) >= 11 is 0. The molecule has 0 aromatic carbocycles. The molecule has 0 unspecified atom stereocenters. The van der Waals surface area contributed by atoms with Gasteiger partial charge in [-0.15, -0.1) is 0 Å². The number of hydrogen-bond acceptors (Lipinski definition) is 4. The van der Waals surface area contributed by atoms with Crippen LogP contribution in [0.2, 0.25) is 0 Å². The molecule has 0 aromatic rings. The number of rotatable bonds is 6. The number of amides is 1. The molecule has 0 aromatic heterocycles. The fraction of sp³-hybridized carbons (Fsp3) is 0.765. The fourth-order valence-electron chi connectivity index (χ4n) is 3.73. The molecular formula is C17H25NO4. The van der Waals surface area contributed by atoms with E-state index < -0.39 is 17.4 Å². The number of fused-ring (bicyclic) bond motifs is 1. The number of likely N-dealkylation sites (tertiary alicyclic amines) is 1. The maximum absolute atomic E-state index is 12.7. The predicted molar refractivity (Wildman–Crippen MR) is 81.0 cm³/mol. The fourth-order valence-corrected chi connectivity index (χ4v) is 3.73. The zero-order valence-corrected chi connectivity index (χ0v) is 13.6. The molecule has 0 aliphatic carbocycles. The Hall–Kier alpha value is -1.36. The summed E-state index contributed by atoms with van der Waals surface area (Å²) in [6.45, 7) is 7.80. The van der Waals surface area contributed by atoms with Crippen molar-refractivity contribution in [3.63, 3.8) is 0 Å². The molecule has 2 saturated heterocycles. The first-order chi connectivity index (χ1) is 10.5. The summed E-state index contributed by atoms with van der Waals surface area (Å²) in [6.07, 6.45) is 5.62. The lowest BCUT2D eigenvalue weighted by molar-refractivity contribution is -0.154. The molecule has 3 rings (SSSR count). The van der Waals surface area contributed by atoms with Crippen LogP contribution in [0.3, 0.4) is 0 Å². The lowest BCUT2D eigenvalue weighted by atomic mass is 9.77. The van der Waals surface area contributed by atoms with E-state index in [4.69, 9.17) is 9.47 Å². The van der Waals surface area contributed by atoms with Crippen molar-refractivity contribution in [2.24, 2.45) is 17.8 Å². The highest BCUT2D eigenvalue weighted by molar-refractivity contribution is 5.91. The van der Waals surface area contributed by atoms with Gasteiger partial charge < -0.3 is 14.4 Å². The largest absolute Gasteiger partial charge is 0.465 e. The minimum absolute atomic E-state index is 0.0480. The van der Waals surface area contributed by atoms with E-state index in [9.17, 15) is 9.59 Å². The van der Waals surface area contributed by atoms with Crippen molar-refractivity contribution in [3.05, 3.63) is 12.2 Å². The Balaban J connectivity index is 1.76. The van der Waals surface area contributed by atoms with Crippen LogP contribution < -0.4 is 0 Å². The molecule has 122 valence electrons. The van der Waals surface area contributed by atoms with Gasteiger partial charge in [-0.3, -0.25) is 9.59 Å². The van der Waals surface area contributed by atoms with Gasteiger partial charge in [-0.25, -0.2) is 0 Å². The lowest BCUT2D eigenvalue weighted by Gasteiger charge is -2.23. The molecule has 3 aliphatic heterocycles. The molecule has 1 amide bonds. The van der Waals surface area contributed by atoms with Crippen LogP contribution >= 0.6 is 0 Å². The minimum atomic E-state index is -0.600. The molecule has 2 bridgehead atoms. The molecule has 3 heterocycles. The minimum Gasteiger partial charge on any atom is -0.465 e. The predicted octanol–water partition coefficient (Wildman–Crippen LogP) is 1.77. The second-order valence-corrected chi connectivity index (χ2v) is 7.04. The van der Waals surface area contributed by atoms with Crippen molar-refractivity contribution in [1.82, 2.24) is 4.90 Å². The number of nitrogens with zero attached hydrogens (tertiary/aromatic N) is 1. The zero-order valence-electron chi connectivity index (χ0n) is 13.6. The van der Waals surface area contributed by atoms with Gasteiger partial charge in [0, 0.05) is 6.54 Å². The van der Waals surface area contributed by atoms with E-state index in [0.29, 0.717) is 13.2 Å². The van der Waals surface area contributed by atoms with Crippen molar-refractivity contribution >= 4 is 11.9 Å². The average molecular weight is 307 g/mol. The third-order valence-corrected chi connectivity index (χ3v) is 4.79. The van der Waals surface area contributed by atoms with E-state index in [0.717, 1.165) is 19.4 Å². The van der Waals surface area contributed by atoms with Gasteiger partial charge in [-0.05, 0) is 12.3 Å². The highest BCUT2D eigenvalue weighted by Gasteiger charge is 2.67. The SMILES string of the molecule is CCCCN1C[C@@]23C=C[C@H](O2)[C@H](C(=O)OCC(C)C)[C@H]3C1=O. The van der Waals surface area contributed by atoms with Gasteiger partial charge in [0.2, 0.25) is 5.91 Å². The third-order valence-electron chi connectivity index (χ3n) is 4.79. The van der Waals surface area contributed by atoms with Gasteiger partial charge in [-0.2, -0.15) is 0 Å². The number of carbonyl (C=O) groups is 2. The first-order valence-corrected chi connectivity index (χ1v) is 8.31. The normalized spacial score (nSPS) is 35.5. The summed E-state index contributed by atoms with van der Waals surface area (Å²) < 4.78 is 11.4. The number of ether oxygens (including phenoxy) is 2. The summed E-state index contributed by atoms with van der Waals surface area (Å²) in [5, 5.41) is 0. The second-order valence-electron chi connectivity index (χ2n) is 7.04. The Kier molecular flexibility index (Phi) is 4.02. The molecule has 0 radical (unpaired) electrons. The molecule has 5 nitrogen and oxygen atoms in total. The summed E-state index contributed by atoms with van der Waals surface area (Å²) in [6, 6.07) is 0. The Morgan fingerprint density at radius 1 is 1.55 bits per heavy atom. The summed E-state index contributed by atoms with van der Waals surface area (Å²) in [4.78, 5) is 27.0. The molecule has 5 heteroatoms. The van der Waals surface area contributed by atoms with Gasteiger partial charge in [-0.1, -0.05) is 39.3 Å². The van der Waals surface area contributed by atoms with Gasteiger partial charge in [0.1, 0.15) is 11.5 Å². The van der Waals surface area contributed by atoms with Crippen LogP contribution in [0.25, 0.3) is 0 Å². The van der Waals surface area contributed by atoms with E-state index in [1.807, 2.05) is 30.9 Å². The van der Waals surface area contributed by atoms with Gasteiger partial charge in [0.05, 0.1) is 25.2 Å². The Morgan fingerprint density at radius 3 is 3.00 bits per heavy atom. The molecule has 0 saturated carbocycles. The molecule has 2 fully saturated rings. The van der Waals surface area contributed by atoms with Crippen LogP contribution in [0.4, 0.5) is 0 Å². The maximum Gasteiger partial charge on any atom is 0.312 e. The average Bonchev–Trinajstić information content (AvgIpc) is 3.11. The van der Waals surface area contributed by atoms with E-state index in [1.165, 1.54) is 0 Å². The lowest BCUT2D eigenvalue weighted by Crippen LogP contribution is -2.40. The Bertz CT molecular complexity index is 501. The topological polar surface area (TPSA) is 55.8 Å². The van der Waals surface area contributed by atoms with Crippen molar-refractivity contribution < 1.29 is 19.1 Å². The number of carbonyl (C=O) groups excluding carboxylic acids is 2. The summed E-state index contributed by atoms with van der Waals surface area (Å²) in [5.41, 5.74) is -0.600. The number of unbranched alkanes of at least 4 members (excludes halogenated alkanes) is 1. The first-order valence-electron chi connectivity index (χ1n) is 8.31. The van der Waals surface area contributed by atoms with Crippen LogP contribution in [-0.4, -0.2) is 48.2 Å². The first kappa shape index (κ1) is 15.5. The van der Waals surface area contributed by atoms with Crippen molar-refractivity contribution in [3.8, 4) is 0 Å². The van der Waals surface area contributed by atoms with Gasteiger partial charge >= 0.3 is 5.97 Å². The molecule has 0 N–H and O–H groups in total. The van der Waals surface area contributed by atoms with E-state index in [-0.39, 0.29) is 23.9 Å². The quantitative estimate of drug-likeness (QED) is 0.554. The zero-order chi connectivity index (χ0) is 15.9. The van der Waals surface area contributed by atoms with E-state index in [1.54, 1.807) is 0 Å². The van der Waals surface area contributed by atoms with Gasteiger partial charge in [0.25, 0.3) is 0 Å². The van der Waals surface area contributed by atoms with E-state index in [2.05, 4.69) is 6.92 Å². The van der Waals surface area contributed by atoms with Crippen molar-refractivity contribution in [1.29, 1.82) is 0 Å². The van der Waals surface area contributed by atoms with Crippen LogP contribution in [0.5, 0.6) is 0 Å². The van der Waals surface area contributed by atoms with E-state index >= 15 is 0 Å². The van der Waals surface area contributed by atoms with Crippen LogP contribution in [0.1, 0.15) is 33.6 Å². The van der Waals surface area contributed by atoms with Crippen molar-refractivity contribution in [2.45, 2.75) is 45.3 Å². The summed E-state index contributed by atoms with van der Waals surface area (Å²) in [7, 11) is 0. The Morgan fingerprint density at radius 2 is 2.32 bits per heavy atom. The maximum atomic E-state index is 12.7. The highest BCUT2D eigenvalue weighted by Crippen LogP contribution is 2.52. The standard InChI is InChI=1S/C17H25NO4/c1-4-5-8-18-10-17-7-6-12(22-17)13(14(17)15(18)19)16(20)21-9-11(2)3/h6-7,11-14H,4-5,8-10H2,1-3H3/t12-,13-,14-,17+/m0/s1. The third kappa shape index (κ3) is 2.35. The molecule has 4 atom stereocenters. The van der Waals surface area contributed by atoms with Crippen LogP contribution in [0, 0.1) is 17.8 Å². The monoisotopic (exact) mass is 307 g/mol. The van der Waals surface area contributed by atoms with Crippen LogP contribution in [-0.2, 0) is 19.1 Å². The highest BCUT2D eigenvalue weighted by atomic mass is 16.6. The van der Waals surface area contributed by atoms with Crippen molar-refractivity contribution in [2.75, 3.05) is 19.7 Å². The molecule has 3 aliphatic rings. The second kappa shape index (κ2) is 5.69. The van der Waals surface area contributed by atoms with Crippen LogP contribution in [0.15, 0.2) is 12.2 Å². The summed E-state index contributed by atoms with van der Waals surface area (Å²) in [5.74, 6) is -0.845. The smallest absolute Gasteiger partial charge is 0.312 e.